The molecule has 1 aromatic carbocycles. The summed E-state index contributed by atoms with van der Waals surface area (Å²) in [6.07, 6.45) is 3.71. The molecule has 2 aliphatic heterocycles. The van der Waals surface area contributed by atoms with Crippen molar-refractivity contribution in [2.45, 2.75) is 11.7 Å². The van der Waals surface area contributed by atoms with Crippen LogP contribution in [0.5, 0.6) is 0 Å². The summed E-state index contributed by atoms with van der Waals surface area (Å²) in [6, 6.07) is 9.60. The van der Waals surface area contributed by atoms with Crippen LogP contribution in [0.25, 0.3) is 0 Å². The highest BCUT2D eigenvalue weighted by atomic mass is 32.2. The average molecular weight is 341 g/mol. The minimum absolute atomic E-state index is 0.222. The number of benzene rings is 1. The lowest BCUT2D eigenvalue weighted by atomic mass is 10.2. The molecular formula is C16H15N5O2S. The first kappa shape index (κ1) is 14.9. The van der Waals surface area contributed by atoms with Crippen LogP contribution in [0, 0.1) is 11.3 Å². The van der Waals surface area contributed by atoms with Crippen LogP contribution in [0.15, 0.2) is 36.7 Å². The summed E-state index contributed by atoms with van der Waals surface area (Å²) in [6.45, 7) is 1.15. The van der Waals surface area contributed by atoms with Gasteiger partial charge in [0.15, 0.2) is 11.5 Å². The van der Waals surface area contributed by atoms with Crippen molar-refractivity contribution in [1.29, 1.82) is 5.26 Å². The second kappa shape index (κ2) is 5.46. The van der Waals surface area contributed by atoms with E-state index in [1.54, 1.807) is 4.90 Å². The van der Waals surface area contributed by atoms with Crippen LogP contribution in [0.1, 0.15) is 11.3 Å². The first-order chi connectivity index (χ1) is 11.6. The van der Waals surface area contributed by atoms with Gasteiger partial charge < -0.3 is 4.90 Å². The molecule has 0 radical (unpaired) electrons. The van der Waals surface area contributed by atoms with E-state index < -0.39 is 15.3 Å². The molecule has 0 spiro atoms. The number of aromatic nitrogens is 2. The van der Waals surface area contributed by atoms with E-state index in [1.807, 2.05) is 30.3 Å². The van der Waals surface area contributed by atoms with E-state index in [0.717, 1.165) is 17.7 Å². The van der Waals surface area contributed by atoms with Gasteiger partial charge in [0.05, 0.1) is 5.69 Å². The van der Waals surface area contributed by atoms with Gasteiger partial charge >= 0.3 is 0 Å². The molecule has 2 aliphatic rings. The molecule has 1 fully saturated rings. The number of hydrogen-bond donors (Lipinski definition) is 0. The molecular weight excluding hydrogens is 326 g/mol. The van der Waals surface area contributed by atoms with Crippen molar-refractivity contribution in [3.63, 3.8) is 0 Å². The lowest BCUT2D eigenvalue weighted by molar-refractivity contribution is 0.535. The van der Waals surface area contributed by atoms with Crippen molar-refractivity contribution in [3.05, 3.63) is 47.9 Å². The molecule has 0 bridgehead atoms. The standard InChI is InChI=1S/C16H15N5O2S/c17-9-14-16(19-7-6-18-14)20-10-13(11-20)24(22,23)21-8-5-12-3-1-2-4-15(12)21/h1-4,6-7,13H,5,8,10-11H2. The summed E-state index contributed by atoms with van der Waals surface area (Å²) < 4.78 is 27.3. The molecule has 4 rings (SSSR count). The van der Waals surface area contributed by atoms with Crippen molar-refractivity contribution in [2.24, 2.45) is 0 Å². The van der Waals surface area contributed by atoms with E-state index in [9.17, 15) is 8.42 Å². The zero-order chi connectivity index (χ0) is 16.7. The molecule has 1 aromatic heterocycles. The van der Waals surface area contributed by atoms with Gasteiger partial charge in [0.25, 0.3) is 0 Å². The first-order valence-electron chi connectivity index (χ1n) is 7.67. The van der Waals surface area contributed by atoms with Gasteiger partial charge in [0.2, 0.25) is 10.0 Å². The second-order valence-corrected chi connectivity index (χ2v) is 8.00. The highest BCUT2D eigenvalue weighted by Gasteiger charge is 2.43. The van der Waals surface area contributed by atoms with E-state index in [0.29, 0.717) is 25.5 Å². The molecule has 0 amide bonds. The Balaban J connectivity index is 1.54. The largest absolute Gasteiger partial charge is 0.351 e. The number of fused-ring (bicyclic) bond motifs is 1. The van der Waals surface area contributed by atoms with E-state index in [4.69, 9.17) is 5.26 Å². The van der Waals surface area contributed by atoms with Gasteiger partial charge in [-0.3, -0.25) is 4.31 Å². The number of rotatable bonds is 3. The van der Waals surface area contributed by atoms with Crippen LogP contribution in [0.4, 0.5) is 11.5 Å². The zero-order valence-corrected chi connectivity index (χ0v) is 13.6. The summed E-state index contributed by atoms with van der Waals surface area (Å²) >= 11 is 0. The maximum absolute atomic E-state index is 12.9. The number of sulfonamides is 1. The summed E-state index contributed by atoms with van der Waals surface area (Å²) in [7, 11) is -3.42. The third-order valence-corrected chi connectivity index (χ3v) is 6.64. The number of hydrogen-bond acceptors (Lipinski definition) is 6. The van der Waals surface area contributed by atoms with E-state index in [2.05, 4.69) is 9.97 Å². The molecule has 1 saturated heterocycles. The fourth-order valence-corrected chi connectivity index (χ4v) is 5.09. The topological polar surface area (TPSA) is 90.2 Å². The minimum atomic E-state index is -3.42. The third kappa shape index (κ3) is 2.20. The van der Waals surface area contributed by atoms with Gasteiger partial charge in [-0.25, -0.2) is 18.4 Å². The van der Waals surface area contributed by atoms with Gasteiger partial charge in [-0.05, 0) is 18.1 Å². The van der Waals surface area contributed by atoms with Gasteiger partial charge in [0.1, 0.15) is 11.3 Å². The van der Waals surface area contributed by atoms with E-state index >= 15 is 0 Å². The molecule has 7 nitrogen and oxygen atoms in total. The number of para-hydroxylation sites is 1. The van der Waals surface area contributed by atoms with Crippen LogP contribution >= 0.6 is 0 Å². The molecule has 0 atom stereocenters. The van der Waals surface area contributed by atoms with Crippen molar-refractivity contribution in [1.82, 2.24) is 9.97 Å². The predicted octanol–water partition coefficient (Wildman–Crippen LogP) is 0.929. The Morgan fingerprint density at radius 3 is 2.71 bits per heavy atom. The predicted molar refractivity (Wildman–Crippen MR) is 89.2 cm³/mol. The summed E-state index contributed by atoms with van der Waals surface area (Å²) in [5.41, 5.74) is 2.07. The Morgan fingerprint density at radius 1 is 1.17 bits per heavy atom. The fourth-order valence-electron chi connectivity index (χ4n) is 3.19. The normalized spacial score (nSPS) is 17.3. The van der Waals surface area contributed by atoms with Gasteiger partial charge in [-0.1, -0.05) is 18.2 Å². The zero-order valence-electron chi connectivity index (χ0n) is 12.8. The third-order valence-electron chi connectivity index (χ3n) is 4.51. The summed E-state index contributed by atoms with van der Waals surface area (Å²) in [4.78, 5) is 9.91. The smallest absolute Gasteiger partial charge is 0.241 e. The Labute approximate surface area is 140 Å². The Morgan fingerprint density at radius 2 is 1.92 bits per heavy atom. The van der Waals surface area contributed by atoms with Crippen LogP contribution in [-0.4, -0.2) is 43.3 Å². The van der Waals surface area contributed by atoms with Crippen molar-refractivity contribution in [3.8, 4) is 6.07 Å². The Bertz CT molecular complexity index is 931. The molecule has 122 valence electrons. The lowest BCUT2D eigenvalue weighted by Crippen LogP contribution is -2.58. The van der Waals surface area contributed by atoms with E-state index in [-0.39, 0.29) is 5.69 Å². The molecule has 8 heteroatoms. The number of nitriles is 1. The fraction of sp³-hybridized carbons (Fsp3) is 0.312. The molecule has 24 heavy (non-hydrogen) atoms. The molecule has 0 unspecified atom stereocenters. The summed E-state index contributed by atoms with van der Waals surface area (Å²) in [5.74, 6) is 0.452. The van der Waals surface area contributed by atoms with Gasteiger partial charge in [0, 0.05) is 32.0 Å². The minimum Gasteiger partial charge on any atom is -0.351 e. The average Bonchev–Trinajstić information content (AvgIpc) is 2.98. The van der Waals surface area contributed by atoms with Crippen LogP contribution in [0.3, 0.4) is 0 Å². The first-order valence-corrected chi connectivity index (χ1v) is 9.17. The highest BCUT2D eigenvalue weighted by Crippen LogP contribution is 2.34. The number of anilines is 2. The Kier molecular flexibility index (Phi) is 3.39. The molecule has 0 N–H and O–H groups in total. The molecule has 0 saturated carbocycles. The molecule has 0 aliphatic carbocycles. The van der Waals surface area contributed by atoms with Gasteiger partial charge in [-0.15, -0.1) is 0 Å². The maximum atomic E-state index is 12.9. The quantitative estimate of drug-likeness (QED) is 0.825. The van der Waals surface area contributed by atoms with Crippen molar-refractivity contribution < 1.29 is 8.42 Å². The van der Waals surface area contributed by atoms with Gasteiger partial charge in [-0.2, -0.15) is 5.26 Å². The number of nitrogens with zero attached hydrogens (tertiary/aromatic N) is 5. The van der Waals surface area contributed by atoms with Crippen molar-refractivity contribution >= 4 is 21.5 Å². The molecule has 3 heterocycles. The Hall–Kier alpha value is -2.66. The second-order valence-electron chi connectivity index (χ2n) is 5.86. The van der Waals surface area contributed by atoms with Crippen LogP contribution in [-0.2, 0) is 16.4 Å². The summed E-state index contributed by atoms with van der Waals surface area (Å²) in [5, 5.41) is 8.60. The lowest BCUT2D eigenvalue weighted by Gasteiger charge is -2.41. The monoisotopic (exact) mass is 341 g/mol. The van der Waals surface area contributed by atoms with Crippen molar-refractivity contribution in [2.75, 3.05) is 28.8 Å². The maximum Gasteiger partial charge on any atom is 0.241 e. The SMILES string of the molecule is N#Cc1nccnc1N1CC(S(=O)(=O)N2CCc3ccccc32)C1. The van der Waals surface area contributed by atoms with Crippen LogP contribution in [0.2, 0.25) is 0 Å². The van der Waals surface area contributed by atoms with Crippen LogP contribution < -0.4 is 9.21 Å². The molecule has 2 aromatic rings. The van der Waals surface area contributed by atoms with E-state index in [1.165, 1.54) is 16.7 Å². The highest BCUT2D eigenvalue weighted by molar-refractivity contribution is 7.93.